The standard InChI is InChI=1S/C30H31NO4/c1-20(2)22-14-16-23(17-15-22)28-27(25(32)18-13-21-9-5-4-6-10-21)29(33)30(34)31(28)19-24-11-7-8-12-26(24)35-3/h4-12,14-17,20,28,33H,13,18-19H2,1-3H3. The maximum Gasteiger partial charge on any atom is 0.290 e. The monoisotopic (exact) mass is 469 g/mol. The number of para-hydroxylation sites is 1. The molecule has 0 saturated heterocycles. The fraction of sp³-hybridized carbons (Fsp3) is 0.267. The van der Waals surface area contributed by atoms with Gasteiger partial charge in [-0.05, 0) is 35.1 Å². The van der Waals surface area contributed by atoms with Gasteiger partial charge in [0.15, 0.2) is 11.5 Å². The number of benzene rings is 3. The summed E-state index contributed by atoms with van der Waals surface area (Å²) in [5.74, 6) is -0.222. The molecule has 1 N–H and O–H groups in total. The number of hydrogen-bond donors (Lipinski definition) is 1. The molecule has 180 valence electrons. The molecule has 5 nitrogen and oxygen atoms in total. The fourth-order valence-electron chi connectivity index (χ4n) is 4.57. The van der Waals surface area contributed by atoms with Crippen molar-refractivity contribution < 1.29 is 19.4 Å². The van der Waals surface area contributed by atoms with Crippen LogP contribution in [0.2, 0.25) is 0 Å². The number of ketones is 1. The Bertz CT molecular complexity index is 1230. The van der Waals surface area contributed by atoms with Crippen molar-refractivity contribution in [2.45, 2.75) is 45.2 Å². The Balaban J connectivity index is 1.69. The summed E-state index contributed by atoms with van der Waals surface area (Å²) in [5, 5.41) is 10.9. The Kier molecular flexibility index (Phi) is 7.35. The Hall–Kier alpha value is -3.86. The zero-order valence-corrected chi connectivity index (χ0v) is 20.4. The van der Waals surface area contributed by atoms with Gasteiger partial charge in [0.05, 0.1) is 25.3 Å². The first-order valence-electron chi connectivity index (χ1n) is 11.9. The van der Waals surface area contributed by atoms with Crippen LogP contribution in [0.25, 0.3) is 0 Å². The summed E-state index contributed by atoms with van der Waals surface area (Å²) in [5.41, 5.74) is 3.97. The average molecular weight is 470 g/mol. The van der Waals surface area contributed by atoms with E-state index in [1.54, 1.807) is 12.0 Å². The largest absolute Gasteiger partial charge is 0.503 e. The van der Waals surface area contributed by atoms with Gasteiger partial charge in [0, 0.05) is 12.0 Å². The predicted octanol–water partition coefficient (Wildman–Crippen LogP) is 5.92. The number of aliphatic hydroxyl groups excluding tert-OH is 1. The van der Waals surface area contributed by atoms with Gasteiger partial charge in [-0.15, -0.1) is 0 Å². The molecule has 0 fully saturated rings. The van der Waals surface area contributed by atoms with Crippen LogP contribution in [-0.2, 0) is 22.6 Å². The molecule has 0 aliphatic carbocycles. The lowest BCUT2D eigenvalue weighted by Crippen LogP contribution is -2.31. The summed E-state index contributed by atoms with van der Waals surface area (Å²) < 4.78 is 5.48. The van der Waals surface area contributed by atoms with Crippen molar-refractivity contribution in [2.75, 3.05) is 7.11 Å². The summed E-state index contributed by atoms with van der Waals surface area (Å²) in [4.78, 5) is 28.3. The predicted molar refractivity (Wildman–Crippen MR) is 136 cm³/mol. The molecule has 0 radical (unpaired) electrons. The van der Waals surface area contributed by atoms with Crippen molar-refractivity contribution >= 4 is 11.7 Å². The lowest BCUT2D eigenvalue weighted by Gasteiger charge is -2.28. The Labute approximate surface area is 206 Å². The first-order valence-corrected chi connectivity index (χ1v) is 11.9. The van der Waals surface area contributed by atoms with Gasteiger partial charge in [0.2, 0.25) is 0 Å². The van der Waals surface area contributed by atoms with E-state index in [2.05, 4.69) is 13.8 Å². The van der Waals surface area contributed by atoms with Gasteiger partial charge in [0.1, 0.15) is 5.75 Å². The Morgan fingerprint density at radius 1 is 0.971 bits per heavy atom. The van der Waals surface area contributed by atoms with Crippen LogP contribution in [0, 0.1) is 0 Å². The van der Waals surface area contributed by atoms with E-state index in [4.69, 9.17) is 4.74 Å². The van der Waals surface area contributed by atoms with Crippen molar-refractivity contribution in [1.82, 2.24) is 4.90 Å². The first-order chi connectivity index (χ1) is 16.9. The molecule has 3 aromatic carbocycles. The highest BCUT2D eigenvalue weighted by Gasteiger charge is 2.43. The number of Topliss-reactive ketones (excluding diaryl/α,β-unsaturated/α-hetero) is 1. The quantitative estimate of drug-likeness (QED) is 0.423. The van der Waals surface area contributed by atoms with Gasteiger partial charge in [-0.2, -0.15) is 0 Å². The second-order valence-electron chi connectivity index (χ2n) is 9.14. The second-order valence-corrected chi connectivity index (χ2v) is 9.14. The molecule has 1 aliphatic heterocycles. The lowest BCUT2D eigenvalue weighted by molar-refractivity contribution is -0.130. The van der Waals surface area contributed by atoms with Crippen LogP contribution in [0.15, 0.2) is 90.2 Å². The zero-order valence-electron chi connectivity index (χ0n) is 20.4. The summed E-state index contributed by atoms with van der Waals surface area (Å²) in [6.45, 7) is 4.44. The van der Waals surface area contributed by atoms with Crippen molar-refractivity contribution in [2.24, 2.45) is 0 Å². The summed E-state index contributed by atoms with van der Waals surface area (Å²) in [7, 11) is 1.58. The summed E-state index contributed by atoms with van der Waals surface area (Å²) in [6, 6.07) is 24.5. The van der Waals surface area contributed by atoms with Gasteiger partial charge in [-0.3, -0.25) is 9.59 Å². The molecule has 35 heavy (non-hydrogen) atoms. The maximum atomic E-state index is 13.4. The second kappa shape index (κ2) is 10.6. The number of hydrogen-bond acceptors (Lipinski definition) is 4. The lowest BCUT2D eigenvalue weighted by atomic mass is 9.91. The van der Waals surface area contributed by atoms with Crippen LogP contribution in [-0.4, -0.2) is 28.8 Å². The van der Waals surface area contributed by atoms with Gasteiger partial charge < -0.3 is 14.7 Å². The van der Waals surface area contributed by atoms with E-state index < -0.39 is 17.7 Å². The van der Waals surface area contributed by atoms with Gasteiger partial charge in [0.25, 0.3) is 5.91 Å². The summed E-state index contributed by atoms with van der Waals surface area (Å²) >= 11 is 0. The molecule has 1 heterocycles. The highest BCUT2D eigenvalue weighted by atomic mass is 16.5. The van der Waals surface area contributed by atoms with E-state index in [1.807, 2.05) is 78.9 Å². The topological polar surface area (TPSA) is 66.8 Å². The maximum absolute atomic E-state index is 13.4. The van der Waals surface area contributed by atoms with Gasteiger partial charge >= 0.3 is 0 Å². The highest BCUT2D eigenvalue weighted by Crippen LogP contribution is 2.40. The average Bonchev–Trinajstić information content (AvgIpc) is 3.13. The van der Waals surface area contributed by atoms with Crippen LogP contribution in [0.1, 0.15) is 54.5 Å². The number of nitrogens with zero attached hydrogens (tertiary/aromatic N) is 1. The molecule has 0 saturated carbocycles. The van der Waals surface area contributed by atoms with Crippen LogP contribution in [0.4, 0.5) is 0 Å². The molecule has 0 bridgehead atoms. The van der Waals surface area contributed by atoms with E-state index in [-0.39, 0.29) is 24.3 Å². The van der Waals surface area contributed by atoms with Gasteiger partial charge in [-0.25, -0.2) is 0 Å². The molecule has 0 aromatic heterocycles. The molecule has 0 spiro atoms. The molecular weight excluding hydrogens is 438 g/mol. The van der Waals surface area contributed by atoms with E-state index in [1.165, 1.54) is 5.56 Å². The van der Waals surface area contributed by atoms with Crippen LogP contribution < -0.4 is 4.74 Å². The van der Waals surface area contributed by atoms with Crippen molar-refractivity contribution in [3.05, 3.63) is 112 Å². The highest BCUT2D eigenvalue weighted by molar-refractivity contribution is 6.09. The third-order valence-electron chi connectivity index (χ3n) is 6.54. The number of methoxy groups -OCH3 is 1. The number of rotatable bonds is 9. The number of carbonyl (C=O) groups excluding carboxylic acids is 2. The van der Waals surface area contributed by atoms with E-state index in [0.29, 0.717) is 18.1 Å². The smallest absolute Gasteiger partial charge is 0.290 e. The van der Waals surface area contributed by atoms with E-state index >= 15 is 0 Å². The number of amides is 1. The molecule has 3 aromatic rings. The van der Waals surface area contributed by atoms with Crippen molar-refractivity contribution in [1.29, 1.82) is 0 Å². The number of ether oxygens (including phenoxy) is 1. The number of aliphatic hydroxyl groups is 1. The molecule has 5 heteroatoms. The van der Waals surface area contributed by atoms with Gasteiger partial charge in [-0.1, -0.05) is 86.6 Å². The third-order valence-corrected chi connectivity index (χ3v) is 6.54. The summed E-state index contributed by atoms with van der Waals surface area (Å²) in [6.07, 6.45) is 0.746. The van der Waals surface area contributed by atoms with E-state index in [9.17, 15) is 14.7 Å². The van der Waals surface area contributed by atoms with Crippen LogP contribution in [0.5, 0.6) is 5.75 Å². The van der Waals surface area contributed by atoms with E-state index in [0.717, 1.165) is 16.7 Å². The normalized spacial score (nSPS) is 15.7. The molecule has 1 unspecified atom stereocenters. The van der Waals surface area contributed by atoms with Crippen LogP contribution in [0.3, 0.4) is 0 Å². The third kappa shape index (κ3) is 5.14. The number of aryl methyl sites for hydroxylation is 1. The van der Waals surface area contributed by atoms with Crippen molar-refractivity contribution in [3.63, 3.8) is 0 Å². The van der Waals surface area contributed by atoms with Crippen LogP contribution >= 0.6 is 0 Å². The number of carbonyl (C=O) groups is 2. The molecule has 1 aliphatic rings. The Morgan fingerprint density at radius 3 is 2.29 bits per heavy atom. The van der Waals surface area contributed by atoms with Crippen molar-refractivity contribution in [3.8, 4) is 5.75 Å². The molecule has 1 atom stereocenters. The minimum absolute atomic E-state index is 0.165. The minimum atomic E-state index is -0.670. The Morgan fingerprint density at radius 2 is 1.63 bits per heavy atom. The molecular formula is C30H31NO4. The first kappa shape index (κ1) is 24.3. The zero-order chi connectivity index (χ0) is 24.9. The SMILES string of the molecule is COc1ccccc1CN1C(=O)C(O)=C(C(=O)CCc2ccccc2)C1c1ccc(C(C)C)cc1. The minimum Gasteiger partial charge on any atom is -0.503 e. The fourth-order valence-corrected chi connectivity index (χ4v) is 4.57. The molecule has 1 amide bonds. The molecule has 4 rings (SSSR count).